The summed E-state index contributed by atoms with van der Waals surface area (Å²) in [6.07, 6.45) is 2.30. The molecule has 0 bridgehead atoms. The first-order valence-corrected chi connectivity index (χ1v) is 4.44. The molecule has 1 aliphatic rings. The molecule has 0 aromatic carbocycles. The van der Waals surface area contributed by atoms with Gasteiger partial charge < -0.3 is 4.74 Å². The first-order chi connectivity index (χ1) is 4.69. The summed E-state index contributed by atoms with van der Waals surface area (Å²) in [6.45, 7) is 2.08. The zero-order valence-electron chi connectivity index (χ0n) is 6.44. The van der Waals surface area contributed by atoms with Crippen LogP contribution in [0.2, 0.25) is 0 Å². The Bertz CT molecular complexity index is 141. The lowest BCUT2D eigenvalue weighted by molar-refractivity contribution is 0.371. The van der Waals surface area contributed by atoms with Crippen molar-refractivity contribution >= 4 is 17.7 Å². The van der Waals surface area contributed by atoms with E-state index in [0.717, 1.165) is 6.42 Å². The Morgan fingerprint density at radius 2 is 2.40 bits per heavy atom. The number of hydrogen-bond acceptors (Lipinski definition) is 3. The molecule has 3 heteroatoms. The summed E-state index contributed by atoms with van der Waals surface area (Å²) in [5, 5.41) is 7.49. The number of ether oxygens (including phenoxy) is 1. The molecular formula is C7H13NOS. The zero-order chi connectivity index (χ0) is 7.61. The number of hydrogen-bond donors (Lipinski definition) is 1. The third-order valence-electron chi connectivity index (χ3n) is 1.90. The van der Waals surface area contributed by atoms with E-state index in [9.17, 15) is 0 Å². The minimum atomic E-state index is -0.0191. The molecule has 0 aromatic rings. The van der Waals surface area contributed by atoms with Crippen molar-refractivity contribution in [3.63, 3.8) is 0 Å². The SMILES string of the molecule is COC(=N)C1(C)CCCS1. The van der Waals surface area contributed by atoms with E-state index in [4.69, 9.17) is 10.1 Å². The Balaban J connectivity index is 2.58. The molecule has 58 valence electrons. The lowest BCUT2D eigenvalue weighted by atomic mass is 10.1. The predicted octanol–water partition coefficient (Wildman–Crippen LogP) is 1.90. The normalized spacial score (nSPS) is 32.2. The molecule has 0 aromatic heterocycles. The molecule has 1 atom stereocenters. The highest BCUT2D eigenvalue weighted by Gasteiger charge is 2.35. The quantitative estimate of drug-likeness (QED) is 0.468. The number of methoxy groups -OCH3 is 1. The Morgan fingerprint density at radius 3 is 2.80 bits per heavy atom. The van der Waals surface area contributed by atoms with E-state index < -0.39 is 0 Å². The van der Waals surface area contributed by atoms with Crippen molar-refractivity contribution < 1.29 is 4.74 Å². The van der Waals surface area contributed by atoms with Gasteiger partial charge in [-0.3, -0.25) is 5.41 Å². The highest BCUT2D eigenvalue weighted by molar-refractivity contribution is 8.01. The Labute approximate surface area is 65.8 Å². The number of nitrogens with one attached hydrogen (secondary N) is 1. The monoisotopic (exact) mass is 159 g/mol. The van der Waals surface area contributed by atoms with Gasteiger partial charge in [0.05, 0.1) is 11.9 Å². The van der Waals surface area contributed by atoms with E-state index >= 15 is 0 Å². The van der Waals surface area contributed by atoms with Gasteiger partial charge in [-0.1, -0.05) is 0 Å². The topological polar surface area (TPSA) is 33.1 Å². The fourth-order valence-electron chi connectivity index (χ4n) is 1.17. The first kappa shape index (κ1) is 7.92. The molecule has 1 heterocycles. The van der Waals surface area contributed by atoms with Gasteiger partial charge in [-0.05, 0) is 25.5 Å². The van der Waals surface area contributed by atoms with Crippen molar-refractivity contribution in [2.45, 2.75) is 24.5 Å². The van der Waals surface area contributed by atoms with Crippen LogP contribution in [0, 0.1) is 5.41 Å². The molecule has 1 saturated heterocycles. The predicted molar refractivity (Wildman–Crippen MR) is 44.8 cm³/mol. The molecule has 1 rings (SSSR count). The van der Waals surface area contributed by atoms with Gasteiger partial charge >= 0.3 is 0 Å². The van der Waals surface area contributed by atoms with Crippen molar-refractivity contribution in [1.82, 2.24) is 0 Å². The first-order valence-electron chi connectivity index (χ1n) is 3.46. The lowest BCUT2D eigenvalue weighted by Gasteiger charge is -2.21. The minimum absolute atomic E-state index is 0.0191. The zero-order valence-corrected chi connectivity index (χ0v) is 7.25. The van der Waals surface area contributed by atoms with Gasteiger partial charge in [-0.25, -0.2) is 0 Å². The van der Waals surface area contributed by atoms with Crippen LogP contribution in [0.5, 0.6) is 0 Å². The Hall–Kier alpha value is -0.180. The van der Waals surface area contributed by atoms with Crippen LogP contribution in [-0.2, 0) is 4.74 Å². The molecule has 0 aliphatic carbocycles. The van der Waals surface area contributed by atoms with Crippen molar-refractivity contribution in [3.05, 3.63) is 0 Å². The highest BCUT2D eigenvalue weighted by Crippen LogP contribution is 2.38. The van der Waals surface area contributed by atoms with Crippen LogP contribution in [0.4, 0.5) is 0 Å². The third-order valence-corrected chi connectivity index (χ3v) is 3.42. The van der Waals surface area contributed by atoms with E-state index in [0.29, 0.717) is 5.90 Å². The standard InChI is InChI=1S/C7H13NOS/c1-7(6(8)9-2)4-3-5-10-7/h8H,3-5H2,1-2H3. The van der Waals surface area contributed by atoms with Crippen LogP contribution in [0.15, 0.2) is 0 Å². The number of thioether (sulfide) groups is 1. The molecule has 2 nitrogen and oxygen atoms in total. The second kappa shape index (κ2) is 2.82. The summed E-state index contributed by atoms with van der Waals surface area (Å²) in [6, 6.07) is 0. The fraction of sp³-hybridized carbons (Fsp3) is 0.857. The lowest BCUT2D eigenvalue weighted by Crippen LogP contribution is -2.29. The maximum absolute atomic E-state index is 7.49. The molecular weight excluding hydrogens is 146 g/mol. The second-order valence-corrected chi connectivity index (χ2v) is 4.31. The average Bonchev–Trinajstić information content (AvgIpc) is 2.36. The summed E-state index contributed by atoms with van der Waals surface area (Å²) in [5.74, 6) is 1.59. The Kier molecular flexibility index (Phi) is 2.24. The van der Waals surface area contributed by atoms with E-state index in [1.165, 1.54) is 12.2 Å². The van der Waals surface area contributed by atoms with Crippen molar-refractivity contribution in [3.8, 4) is 0 Å². The molecule has 0 spiro atoms. The summed E-state index contributed by atoms with van der Waals surface area (Å²) in [7, 11) is 1.58. The molecule has 0 radical (unpaired) electrons. The molecule has 1 N–H and O–H groups in total. The van der Waals surface area contributed by atoms with Gasteiger partial charge in [0.2, 0.25) is 0 Å². The smallest absolute Gasteiger partial charge is 0.196 e. The van der Waals surface area contributed by atoms with Gasteiger partial charge in [0.1, 0.15) is 0 Å². The average molecular weight is 159 g/mol. The van der Waals surface area contributed by atoms with Crippen molar-refractivity contribution in [2.75, 3.05) is 12.9 Å². The van der Waals surface area contributed by atoms with Gasteiger partial charge in [0.25, 0.3) is 0 Å². The van der Waals surface area contributed by atoms with E-state index in [-0.39, 0.29) is 4.75 Å². The number of rotatable bonds is 1. The molecule has 1 unspecified atom stereocenters. The van der Waals surface area contributed by atoms with Crippen molar-refractivity contribution in [1.29, 1.82) is 5.41 Å². The maximum Gasteiger partial charge on any atom is 0.196 e. The maximum atomic E-state index is 7.49. The van der Waals surface area contributed by atoms with Crippen LogP contribution >= 0.6 is 11.8 Å². The largest absolute Gasteiger partial charge is 0.483 e. The highest BCUT2D eigenvalue weighted by atomic mass is 32.2. The molecule has 1 fully saturated rings. The van der Waals surface area contributed by atoms with E-state index in [1.54, 1.807) is 7.11 Å². The second-order valence-electron chi connectivity index (χ2n) is 2.72. The van der Waals surface area contributed by atoms with Crippen LogP contribution in [0.25, 0.3) is 0 Å². The fourth-order valence-corrected chi connectivity index (χ4v) is 2.42. The molecule has 0 amide bonds. The minimum Gasteiger partial charge on any atom is -0.483 e. The third kappa shape index (κ3) is 1.29. The summed E-state index contributed by atoms with van der Waals surface area (Å²) in [5.41, 5.74) is 0. The summed E-state index contributed by atoms with van der Waals surface area (Å²) in [4.78, 5) is 0. The van der Waals surface area contributed by atoms with Gasteiger partial charge in [0.15, 0.2) is 5.90 Å². The summed E-state index contributed by atoms with van der Waals surface area (Å²) >= 11 is 1.83. The van der Waals surface area contributed by atoms with Crippen LogP contribution in [0.1, 0.15) is 19.8 Å². The molecule has 10 heavy (non-hydrogen) atoms. The van der Waals surface area contributed by atoms with Gasteiger partial charge in [-0.15, -0.1) is 11.8 Å². The van der Waals surface area contributed by atoms with Crippen molar-refractivity contribution in [2.24, 2.45) is 0 Å². The van der Waals surface area contributed by atoms with Crippen LogP contribution in [-0.4, -0.2) is 23.5 Å². The van der Waals surface area contributed by atoms with Crippen LogP contribution < -0.4 is 0 Å². The molecule has 1 aliphatic heterocycles. The molecule has 0 saturated carbocycles. The van der Waals surface area contributed by atoms with Crippen LogP contribution in [0.3, 0.4) is 0 Å². The van der Waals surface area contributed by atoms with E-state index in [2.05, 4.69) is 6.92 Å². The summed E-state index contributed by atoms with van der Waals surface area (Å²) < 4.78 is 4.88. The Morgan fingerprint density at radius 1 is 1.70 bits per heavy atom. The van der Waals surface area contributed by atoms with Gasteiger partial charge in [0, 0.05) is 0 Å². The van der Waals surface area contributed by atoms with Gasteiger partial charge in [-0.2, -0.15) is 0 Å². The van der Waals surface area contributed by atoms with E-state index in [1.807, 2.05) is 11.8 Å².